The molecular formula is C23H28N2O3. The van der Waals surface area contributed by atoms with E-state index >= 15 is 0 Å². The molecule has 2 aromatic rings. The maximum Gasteiger partial charge on any atom is 0.255 e. The first-order valence-corrected chi connectivity index (χ1v) is 10.1. The van der Waals surface area contributed by atoms with Crippen molar-refractivity contribution < 1.29 is 14.3 Å². The predicted octanol–water partition coefficient (Wildman–Crippen LogP) is 4.74. The number of carbonyl (C=O) groups excluding carboxylic acids is 2. The zero-order valence-corrected chi connectivity index (χ0v) is 16.4. The molecule has 1 heterocycles. The summed E-state index contributed by atoms with van der Waals surface area (Å²) in [6, 6.07) is 14.2. The molecule has 1 N–H and O–H groups in total. The van der Waals surface area contributed by atoms with Crippen molar-refractivity contribution in [1.82, 2.24) is 4.90 Å². The number of benzene rings is 2. The first kappa shape index (κ1) is 19.9. The van der Waals surface area contributed by atoms with Gasteiger partial charge >= 0.3 is 0 Å². The summed E-state index contributed by atoms with van der Waals surface area (Å²) < 4.78 is 5.67. The van der Waals surface area contributed by atoms with Crippen molar-refractivity contribution >= 4 is 17.5 Å². The van der Waals surface area contributed by atoms with Crippen LogP contribution >= 0.6 is 0 Å². The Morgan fingerprint density at radius 1 is 0.929 bits per heavy atom. The zero-order chi connectivity index (χ0) is 19.8. The lowest BCUT2D eigenvalue weighted by Crippen LogP contribution is -2.27. The van der Waals surface area contributed by atoms with Gasteiger partial charge in [0.2, 0.25) is 0 Å². The van der Waals surface area contributed by atoms with E-state index in [0.717, 1.165) is 50.9 Å². The molecule has 0 atom stereocenters. The number of carbonyl (C=O) groups is 2. The van der Waals surface area contributed by atoms with E-state index in [4.69, 9.17) is 4.74 Å². The van der Waals surface area contributed by atoms with Gasteiger partial charge < -0.3 is 15.0 Å². The van der Waals surface area contributed by atoms with E-state index in [-0.39, 0.29) is 11.8 Å². The van der Waals surface area contributed by atoms with E-state index in [2.05, 4.69) is 12.2 Å². The first-order chi connectivity index (χ1) is 13.7. The molecule has 0 aliphatic carbocycles. The minimum Gasteiger partial charge on any atom is -0.494 e. The molecule has 1 saturated heterocycles. The fourth-order valence-corrected chi connectivity index (χ4v) is 3.25. The predicted molar refractivity (Wildman–Crippen MR) is 111 cm³/mol. The van der Waals surface area contributed by atoms with Gasteiger partial charge in [-0.25, -0.2) is 0 Å². The van der Waals surface area contributed by atoms with Crippen LogP contribution in [0.1, 0.15) is 59.7 Å². The standard InChI is InChI=1S/C23H28N2O3/c1-2-3-6-17-28-21-13-9-18(10-14-21)22(26)24-20-11-7-19(8-12-20)23(27)25-15-4-5-16-25/h7-14H,2-6,15-17H2,1H3,(H,24,26). The molecule has 0 bridgehead atoms. The number of rotatable bonds is 8. The van der Waals surface area contributed by atoms with E-state index in [1.54, 1.807) is 36.4 Å². The maximum absolute atomic E-state index is 12.4. The number of likely N-dealkylation sites (tertiary alicyclic amines) is 1. The van der Waals surface area contributed by atoms with Gasteiger partial charge in [-0.2, -0.15) is 0 Å². The summed E-state index contributed by atoms with van der Waals surface area (Å²) in [7, 11) is 0. The number of nitrogens with one attached hydrogen (secondary N) is 1. The second-order valence-electron chi connectivity index (χ2n) is 7.11. The normalized spacial score (nSPS) is 13.4. The number of ether oxygens (including phenoxy) is 1. The Bertz CT molecular complexity index is 778. The lowest BCUT2D eigenvalue weighted by molar-refractivity contribution is 0.0792. The van der Waals surface area contributed by atoms with Gasteiger partial charge in [0.15, 0.2) is 0 Å². The second kappa shape index (κ2) is 9.93. The van der Waals surface area contributed by atoms with Crippen LogP contribution in [0.4, 0.5) is 5.69 Å². The third-order valence-electron chi connectivity index (χ3n) is 4.92. The highest BCUT2D eigenvalue weighted by atomic mass is 16.5. The van der Waals surface area contributed by atoms with Gasteiger partial charge in [0.1, 0.15) is 5.75 Å². The van der Waals surface area contributed by atoms with E-state index < -0.39 is 0 Å². The second-order valence-corrected chi connectivity index (χ2v) is 7.11. The van der Waals surface area contributed by atoms with Crippen molar-refractivity contribution in [1.29, 1.82) is 0 Å². The van der Waals surface area contributed by atoms with Crippen molar-refractivity contribution in [2.75, 3.05) is 25.0 Å². The van der Waals surface area contributed by atoms with Crippen molar-refractivity contribution in [3.63, 3.8) is 0 Å². The maximum atomic E-state index is 12.4. The molecule has 2 aromatic carbocycles. The van der Waals surface area contributed by atoms with Crippen LogP contribution in [0.15, 0.2) is 48.5 Å². The smallest absolute Gasteiger partial charge is 0.255 e. The van der Waals surface area contributed by atoms with E-state index in [1.165, 1.54) is 0 Å². The van der Waals surface area contributed by atoms with Crippen LogP contribution in [0.5, 0.6) is 5.75 Å². The average molecular weight is 380 g/mol. The molecular weight excluding hydrogens is 352 g/mol. The number of anilines is 1. The number of hydrogen-bond acceptors (Lipinski definition) is 3. The summed E-state index contributed by atoms with van der Waals surface area (Å²) >= 11 is 0. The van der Waals surface area contributed by atoms with Crippen molar-refractivity contribution in [2.24, 2.45) is 0 Å². The van der Waals surface area contributed by atoms with E-state index in [1.807, 2.05) is 17.0 Å². The van der Waals surface area contributed by atoms with Gasteiger partial charge in [-0.05, 0) is 67.8 Å². The highest BCUT2D eigenvalue weighted by Crippen LogP contribution is 2.17. The Hall–Kier alpha value is -2.82. The molecule has 5 heteroatoms. The van der Waals surface area contributed by atoms with Crippen LogP contribution in [-0.4, -0.2) is 36.4 Å². The molecule has 0 spiro atoms. The van der Waals surface area contributed by atoms with Crippen molar-refractivity contribution in [2.45, 2.75) is 39.0 Å². The molecule has 0 unspecified atom stereocenters. The van der Waals surface area contributed by atoms with Crippen LogP contribution in [0.2, 0.25) is 0 Å². The highest BCUT2D eigenvalue weighted by Gasteiger charge is 2.19. The molecule has 1 fully saturated rings. The number of hydrogen-bond donors (Lipinski definition) is 1. The van der Waals surface area contributed by atoms with Gasteiger partial charge in [0.05, 0.1) is 6.61 Å². The summed E-state index contributed by atoms with van der Waals surface area (Å²) in [5.74, 6) is 0.651. The van der Waals surface area contributed by atoms with Crippen LogP contribution in [-0.2, 0) is 0 Å². The minimum atomic E-state index is -0.184. The fourth-order valence-electron chi connectivity index (χ4n) is 3.25. The van der Waals surface area contributed by atoms with Crippen LogP contribution in [0, 0.1) is 0 Å². The lowest BCUT2D eigenvalue weighted by atomic mass is 10.1. The van der Waals surface area contributed by atoms with Gasteiger partial charge in [0.25, 0.3) is 11.8 Å². The van der Waals surface area contributed by atoms with Gasteiger partial charge in [-0.3, -0.25) is 9.59 Å². The summed E-state index contributed by atoms with van der Waals surface area (Å²) in [4.78, 5) is 26.7. The van der Waals surface area contributed by atoms with Crippen LogP contribution < -0.4 is 10.1 Å². The molecule has 1 aliphatic rings. The lowest BCUT2D eigenvalue weighted by Gasteiger charge is -2.15. The number of amides is 2. The van der Waals surface area contributed by atoms with Crippen LogP contribution in [0.25, 0.3) is 0 Å². The summed E-state index contributed by atoms with van der Waals surface area (Å²) in [6.07, 6.45) is 5.50. The minimum absolute atomic E-state index is 0.0601. The molecule has 148 valence electrons. The highest BCUT2D eigenvalue weighted by molar-refractivity contribution is 6.04. The topological polar surface area (TPSA) is 58.6 Å². The summed E-state index contributed by atoms with van der Waals surface area (Å²) in [5.41, 5.74) is 1.89. The van der Waals surface area contributed by atoms with Gasteiger partial charge in [0, 0.05) is 29.9 Å². The molecule has 1 aliphatic heterocycles. The monoisotopic (exact) mass is 380 g/mol. The Kier molecular flexibility index (Phi) is 7.06. The Morgan fingerprint density at radius 2 is 1.57 bits per heavy atom. The van der Waals surface area contributed by atoms with Gasteiger partial charge in [-0.1, -0.05) is 19.8 Å². The van der Waals surface area contributed by atoms with Crippen molar-refractivity contribution in [3.05, 3.63) is 59.7 Å². The van der Waals surface area contributed by atoms with E-state index in [9.17, 15) is 9.59 Å². The summed E-state index contributed by atoms with van der Waals surface area (Å²) in [5, 5.41) is 2.87. The number of unbranched alkanes of at least 4 members (excludes halogenated alkanes) is 2. The molecule has 0 saturated carbocycles. The molecule has 0 aromatic heterocycles. The van der Waals surface area contributed by atoms with Crippen molar-refractivity contribution in [3.8, 4) is 5.75 Å². The average Bonchev–Trinajstić information content (AvgIpc) is 3.26. The Labute approximate surface area is 166 Å². The molecule has 5 nitrogen and oxygen atoms in total. The Balaban J connectivity index is 1.53. The van der Waals surface area contributed by atoms with Gasteiger partial charge in [-0.15, -0.1) is 0 Å². The fraction of sp³-hybridized carbons (Fsp3) is 0.391. The number of nitrogens with zero attached hydrogens (tertiary/aromatic N) is 1. The SMILES string of the molecule is CCCCCOc1ccc(C(=O)Nc2ccc(C(=O)N3CCCC3)cc2)cc1. The third-order valence-corrected chi connectivity index (χ3v) is 4.92. The third kappa shape index (κ3) is 5.35. The molecule has 28 heavy (non-hydrogen) atoms. The molecule has 3 rings (SSSR count). The first-order valence-electron chi connectivity index (χ1n) is 10.1. The summed E-state index contributed by atoms with van der Waals surface area (Å²) in [6.45, 7) is 4.51. The molecule has 0 radical (unpaired) electrons. The Morgan fingerprint density at radius 3 is 2.21 bits per heavy atom. The largest absolute Gasteiger partial charge is 0.494 e. The van der Waals surface area contributed by atoms with E-state index in [0.29, 0.717) is 23.4 Å². The molecule has 2 amide bonds. The van der Waals surface area contributed by atoms with Crippen LogP contribution in [0.3, 0.4) is 0 Å². The zero-order valence-electron chi connectivity index (χ0n) is 16.4. The quantitative estimate of drug-likeness (QED) is 0.673.